The molecule has 19 heavy (non-hydrogen) atoms. The van der Waals surface area contributed by atoms with Crippen LogP contribution in [0, 0.1) is 0 Å². The number of rotatable bonds is 5. The van der Waals surface area contributed by atoms with E-state index in [0.717, 1.165) is 32.6 Å². The summed E-state index contributed by atoms with van der Waals surface area (Å²) < 4.78 is 2.03. The number of aromatic nitrogens is 2. The van der Waals surface area contributed by atoms with E-state index in [9.17, 15) is 0 Å². The lowest BCUT2D eigenvalue weighted by atomic mass is 10.1. The molecule has 5 heteroatoms. The highest BCUT2D eigenvalue weighted by Crippen LogP contribution is 2.24. The van der Waals surface area contributed by atoms with Crippen molar-refractivity contribution in [3.05, 3.63) is 18.0 Å². The normalized spacial score (nSPS) is 23.7. The quantitative estimate of drug-likeness (QED) is 0.860. The number of hydrogen-bond acceptors (Lipinski definition) is 4. The number of likely N-dealkylation sites (N-methyl/N-ethyl adjacent to an activating group) is 1. The van der Waals surface area contributed by atoms with Crippen molar-refractivity contribution >= 4 is 0 Å². The minimum absolute atomic E-state index is 0.300. The predicted octanol–water partition coefficient (Wildman–Crippen LogP) is 0.929. The molecule has 1 aliphatic heterocycles. The smallest absolute Gasteiger partial charge is 0.0538 e. The van der Waals surface area contributed by atoms with Gasteiger partial charge in [0.2, 0.25) is 0 Å². The summed E-state index contributed by atoms with van der Waals surface area (Å²) in [7, 11) is 2.19. The summed E-state index contributed by atoms with van der Waals surface area (Å²) in [6.45, 7) is 9.41. The third-order valence-corrected chi connectivity index (χ3v) is 4.00. The second kappa shape index (κ2) is 6.50. The summed E-state index contributed by atoms with van der Waals surface area (Å²) in [5.74, 6) is 0. The molecule has 1 aliphatic rings. The zero-order valence-electron chi connectivity index (χ0n) is 12.4. The van der Waals surface area contributed by atoms with Gasteiger partial charge in [0.25, 0.3) is 0 Å². The molecule has 0 aromatic carbocycles. The van der Waals surface area contributed by atoms with Crippen LogP contribution in [-0.4, -0.2) is 58.8 Å². The standard InChI is InChI=1S/C14H27N5/c1-4-5-18-11-13(9-16-18)14(8-15)19-7-6-17(3)10-12(19)2/h9,11-12,14H,4-8,10,15H2,1-3H3. The number of nitrogens with two attached hydrogens (primary N) is 1. The Labute approximate surface area is 116 Å². The minimum Gasteiger partial charge on any atom is -0.329 e. The maximum atomic E-state index is 6.02. The van der Waals surface area contributed by atoms with Crippen LogP contribution in [-0.2, 0) is 6.54 Å². The number of piperazine rings is 1. The van der Waals surface area contributed by atoms with E-state index in [2.05, 4.69) is 42.0 Å². The van der Waals surface area contributed by atoms with Crippen LogP contribution in [0.2, 0.25) is 0 Å². The molecule has 0 radical (unpaired) electrons. The van der Waals surface area contributed by atoms with Gasteiger partial charge in [0, 0.05) is 50.5 Å². The summed E-state index contributed by atoms with van der Waals surface area (Å²) in [4.78, 5) is 4.91. The average molecular weight is 265 g/mol. The molecule has 1 saturated heterocycles. The van der Waals surface area contributed by atoms with Crippen molar-refractivity contribution in [2.24, 2.45) is 5.73 Å². The van der Waals surface area contributed by atoms with Crippen LogP contribution in [0.15, 0.2) is 12.4 Å². The SMILES string of the molecule is CCCn1cc(C(CN)N2CCN(C)CC2C)cn1. The van der Waals surface area contributed by atoms with Crippen molar-refractivity contribution in [3.63, 3.8) is 0 Å². The molecule has 2 unspecified atom stereocenters. The van der Waals surface area contributed by atoms with Crippen molar-refractivity contribution in [3.8, 4) is 0 Å². The fraction of sp³-hybridized carbons (Fsp3) is 0.786. The zero-order chi connectivity index (χ0) is 13.8. The Morgan fingerprint density at radius 3 is 2.89 bits per heavy atom. The molecular weight excluding hydrogens is 238 g/mol. The third-order valence-electron chi connectivity index (χ3n) is 4.00. The van der Waals surface area contributed by atoms with Gasteiger partial charge < -0.3 is 10.6 Å². The van der Waals surface area contributed by atoms with Gasteiger partial charge in [-0.15, -0.1) is 0 Å². The highest BCUT2D eigenvalue weighted by Gasteiger charge is 2.28. The fourth-order valence-electron chi connectivity index (χ4n) is 2.98. The van der Waals surface area contributed by atoms with E-state index in [-0.39, 0.29) is 0 Å². The fourth-order valence-corrected chi connectivity index (χ4v) is 2.98. The Bertz CT molecular complexity index is 389. The van der Waals surface area contributed by atoms with Gasteiger partial charge in [0.1, 0.15) is 0 Å². The molecule has 2 rings (SSSR count). The minimum atomic E-state index is 0.300. The number of hydrogen-bond donors (Lipinski definition) is 1. The lowest BCUT2D eigenvalue weighted by Gasteiger charge is -2.42. The lowest BCUT2D eigenvalue weighted by Crippen LogP contribution is -2.52. The molecule has 0 amide bonds. The molecule has 5 nitrogen and oxygen atoms in total. The predicted molar refractivity (Wildman–Crippen MR) is 78.0 cm³/mol. The van der Waals surface area contributed by atoms with Crippen molar-refractivity contribution in [1.82, 2.24) is 19.6 Å². The van der Waals surface area contributed by atoms with E-state index in [1.807, 2.05) is 10.9 Å². The van der Waals surface area contributed by atoms with Gasteiger partial charge in [-0.2, -0.15) is 5.10 Å². The second-order valence-corrected chi connectivity index (χ2v) is 5.64. The van der Waals surface area contributed by atoms with E-state index >= 15 is 0 Å². The van der Waals surface area contributed by atoms with Gasteiger partial charge in [0.15, 0.2) is 0 Å². The molecule has 108 valence electrons. The molecule has 0 spiro atoms. The molecule has 2 heterocycles. The average Bonchev–Trinajstić information content (AvgIpc) is 2.82. The highest BCUT2D eigenvalue weighted by atomic mass is 15.3. The van der Waals surface area contributed by atoms with Crippen LogP contribution in [0.5, 0.6) is 0 Å². The molecular formula is C14H27N5. The summed E-state index contributed by atoms with van der Waals surface area (Å²) in [6.07, 6.45) is 5.25. The Kier molecular flexibility index (Phi) is 4.96. The van der Waals surface area contributed by atoms with Crippen molar-refractivity contribution < 1.29 is 0 Å². The topological polar surface area (TPSA) is 50.3 Å². The van der Waals surface area contributed by atoms with Gasteiger partial charge >= 0.3 is 0 Å². The van der Waals surface area contributed by atoms with Crippen molar-refractivity contribution in [2.75, 3.05) is 33.2 Å². The van der Waals surface area contributed by atoms with Gasteiger partial charge in [-0.3, -0.25) is 9.58 Å². The number of nitrogens with zero attached hydrogens (tertiary/aromatic N) is 4. The molecule has 2 atom stereocenters. The Balaban J connectivity index is 2.09. The van der Waals surface area contributed by atoms with Gasteiger partial charge in [-0.1, -0.05) is 6.92 Å². The monoisotopic (exact) mass is 265 g/mol. The molecule has 0 bridgehead atoms. The third kappa shape index (κ3) is 3.35. The number of aryl methyl sites for hydroxylation is 1. The van der Waals surface area contributed by atoms with E-state index in [4.69, 9.17) is 5.73 Å². The van der Waals surface area contributed by atoms with Crippen molar-refractivity contribution in [2.45, 2.75) is 38.9 Å². The Morgan fingerprint density at radius 2 is 2.26 bits per heavy atom. The lowest BCUT2D eigenvalue weighted by molar-refractivity contribution is 0.0635. The van der Waals surface area contributed by atoms with Gasteiger partial charge in [0.05, 0.1) is 12.2 Å². The Hall–Kier alpha value is -0.910. The van der Waals surface area contributed by atoms with Crippen LogP contribution in [0.25, 0.3) is 0 Å². The van der Waals surface area contributed by atoms with Crippen molar-refractivity contribution in [1.29, 1.82) is 0 Å². The molecule has 1 aromatic rings. The van der Waals surface area contributed by atoms with Crippen LogP contribution >= 0.6 is 0 Å². The largest absolute Gasteiger partial charge is 0.329 e. The van der Waals surface area contributed by atoms with E-state index < -0.39 is 0 Å². The van der Waals surface area contributed by atoms with Gasteiger partial charge in [-0.25, -0.2) is 0 Å². The first kappa shape index (κ1) is 14.5. The van der Waals surface area contributed by atoms with E-state index in [1.165, 1.54) is 5.56 Å². The van der Waals surface area contributed by atoms with E-state index in [0.29, 0.717) is 18.6 Å². The second-order valence-electron chi connectivity index (χ2n) is 5.64. The van der Waals surface area contributed by atoms with E-state index in [1.54, 1.807) is 0 Å². The summed E-state index contributed by atoms with van der Waals surface area (Å²) >= 11 is 0. The van der Waals surface area contributed by atoms with Crippen LogP contribution in [0.1, 0.15) is 31.9 Å². The molecule has 0 saturated carbocycles. The van der Waals surface area contributed by atoms with Crippen LogP contribution in [0.4, 0.5) is 0 Å². The van der Waals surface area contributed by atoms with Crippen LogP contribution < -0.4 is 5.73 Å². The summed E-state index contributed by atoms with van der Waals surface area (Å²) in [5.41, 5.74) is 7.28. The summed E-state index contributed by atoms with van der Waals surface area (Å²) in [5, 5.41) is 4.43. The molecule has 1 aromatic heterocycles. The maximum absolute atomic E-state index is 6.02. The first-order valence-corrected chi connectivity index (χ1v) is 7.32. The molecule has 1 fully saturated rings. The van der Waals surface area contributed by atoms with Gasteiger partial charge in [-0.05, 0) is 20.4 Å². The first-order valence-electron chi connectivity index (χ1n) is 7.32. The first-order chi connectivity index (χ1) is 9.15. The highest BCUT2D eigenvalue weighted by molar-refractivity contribution is 5.12. The summed E-state index contributed by atoms with van der Waals surface area (Å²) in [6, 6.07) is 0.844. The zero-order valence-corrected chi connectivity index (χ0v) is 12.4. The maximum Gasteiger partial charge on any atom is 0.0538 e. The Morgan fingerprint density at radius 1 is 1.47 bits per heavy atom. The molecule has 0 aliphatic carbocycles. The van der Waals surface area contributed by atoms with Crippen LogP contribution in [0.3, 0.4) is 0 Å². The molecule has 2 N–H and O–H groups in total.